The second-order valence-corrected chi connectivity index (χ2v) is 10.8. The fraction of sp³-hybridized carbons (Fsp3) is 0.267. The van der Waals surface area contributed by atoms with Gasteiger partial charge in [-0.25, -0.2) is 4.79 Å². The first-order chi connectivity index (χ1) is 18.5. The number of amides is 1. The summed E-state index contributed by atoms with van der Waals surface area (Å²) in [5.41, 5.74) is 1.89. The summed E-state index contributed by atoms with van der Waals surface area (Å²) in [5.74, 6) is -1.30. The smallest absolute Gasteiger partial charge is 0.416 e. The Morgan fingerprint density at radius 2 is 1.77 bits per heavy atom. The summed E-state index contributed by atoms with van der Waals surface area (Å²) in [7, 11) is 0. The maximum atomic E-state index is 14.0. The molecule has 5 nitrogen and oxygen atoms in total. The maximum Gasteiger partial charge on any atom is 0.416 e. The molecule has 1 N–H and O–H groups in total. The average molecular weight is 556 g/mol. The quantitative estimate of drug-likeness (QED) is 0.310. The van der Waals surface area contributed by atoms with E-state index >= 15 is 0 Å². The van der Waals surface area contributed by atoms with Gasteiger partial charge < -0.3 is 14.7 Å². The standard InChI is InChI=1S/C30H28F3NO4S/c1-18(2)34(28(35)23-13-12-19(3)14-25(23)38-17-20-8-5-4-6-9-20)24-16-26(39-27(24)29(36)37)21-10-7-11-22(15-21)30(31,32)33/h4-15,18,26H,16-17H2,1-3H3,(H,36,37). The lowest BCUT2D eigenvalue weighted by atomic mass is 10.0. The van der Waals surface area contributed by atoms with Gasteiger partial charge in [0.05, 0.1) is 11.1 Å². The van der Waals surface area contributed by atoms with Gasteiger partial charge in [0, 0.05) is 23.4 Å². The van der Waals surface area contributed by atoms with Crippen LogP contribution in [0.5, 0.6) is 5.75 Å². The molecule has 0 aromatic heterocycles. The Balaban J connectivity index is 1.67. The number of aliphatic carboxylic acids is 1. The molecule has 9 heteroatoms. The third-order valence-corrected chi connectivity index (χ3v) is 7.68. The number of carbonyl (C=O) groups excluding carboxylic acids is 1. The van der Waals surface area contributed by atoms with Crippen molar-refractivity contribution in [1.29, 1.82) is 0 Å². The van der Waals surface area contributed by atoms with E-state index < -0.39 is 34.9 Å². The molecule has 0 aliphatic carbocycles. The number of ether oxygens (including phenoxy) is 1. The van der Waals surface area contributed by atoms with Crippen molar-refractivity contribution in [1.82, 2.24) is 4.90 Å². The third-order valence-electron chi connectivity index (χ3n) is 6.31. The molecular formula is C30H28F3NO4S. The van der Waals surface area contributed by atoms with Crippen LogP contribution in [0.25, 0.3) is 0 Å². The zero-order chi connectivity index (χ0) is 28.3. The molecule has 1 amide bonds. The Hall–Kier alpha value is -3.72. The van der Waals surface area contributed by atoms with Crippen LogP contribution in [0, 0.1) is 6.92 Å². The number of alkyl halides is 3. The van der Waals surface area contributed by atoms with E-state index in [1.807, 2.05) is 37.3 Å². The average Bonchev–Trinajstić information content (AvgIpc) is 3.33. The number of rotatable bonds is 8. The molecule has 0 radical (unpaired) electrons. The van der Waals surface area contributed by atoms with Crippen molar-refractivity contribution < 1.29 is 32.6 Å². The number of hydrogen-bond acceptors (Lipinski definition) is 4. The Bertz CT molecular complexity index is 1400. The first kappa shape index (κ1) is 28.3. The van der Waals surface area contributed by atoms with Crippen molar-refractivity contribution in [2.24, 2.45) is 0 Å². The van der Waals surface area contributed by atoms with Crippen LogP contribution in [0.1, 0.15) is 58.1 Å². The Morgan fingerprint density at radius 3 is 2.41 bits per heavy atom. The van der Waals surface area contributed by atoms with E-state index in [0.717, 1.165) is 35.0 Å². The number of nitrogens with zero attached hydrogens (tertiary/aromatic N) is 1. The first-order valence-corrected chi connectivity index (χ1v) is 13.2. The van der Waals surface area contributed by atoms with Gasteiger partial charge in [-0.15, -0.1) is 11.8 Å². The van der Waals surface area contributed by atoms with E-state index in [9.17, 15) is 27.9 Å². The zero-order valence-corrected chi connectivity index (χ0v) is 22.5. The van der Waals surface area contributed by atoms with E-state index in [0.29, 0.717) is 11.3 Å². The van der Waals surface area contributed by atoms with Gasteiger partial charge in [0.2, 0.25) is 0 Å². The van der Waals surface area contributed by atoms with Crippen LogP contribution < -0.4 is 4.74 Å². The summed E-state index contributed by atoms with van der Waals surface area (Å²) in [4.78, 5) is 27.6. The largest absolute Gasteiger partial charge is 0.488 e. The van der Waals surface area contributed by atoms with Gasteiger partial charge in [-0.2, -0.15) is 13.2 Å². The van der Waals surface area contributed by atoms with Gasteiger partial charge in [0.25, 0.3) is 5.91 Å². The molecule has 3 aromatic rings. The highest BCUT2D eigenvalue weighted by Crippen LogP contribution is 2.50. The lowest BCUT2D eigenvalue weighted by Gasteiger charge is -2.29. The second-order valence-electron chi connectivity index (χ2n) is 9.56. The number of benzene rings is 3. The van der Waals surface area contributed by atoms with E-state index in [1.54, 1.807) is 38.1 Å². The minimum Gasteiger partial charge on any atom is -0.488 e. The minimum atomic E-state index is -4.52. The lowest BCUT2D eigenvalue weighted by molar-refractivity contribution is -0.137. The molecule has 1 heterocycles. The monoisotopic (exact) mass is 555 g/mol. The third kappa shape index (κ3) is 6.47. The highest BCUT2D eigenvalue weighted by Gasteiger charge is 2.38. The number of thioether (sulfide) groups is 1. The van der Waals surface area contributed by atoms with Gasteiger partial charge in [-0.1, -0.05) is 54.6 Å². The van der Waals surface area contributed by atoms with Crippen LogP contribution in [-0.2, 0) is 17.6 Å². The highest BCUT2D eigenvalue weighted by molar-refractivity contribution is 8.04. The number of halogens is 3. The van der Waals surface area contributed by atoms with E-state index in [-0.39, 0.29) is 29.2 Å². The van der Waals surface area contributed by atoms with Crippen molar-refractivity contribution in [2.75, 3.05) is 0 Å². The normalized spacial score (nSPS) is 15.5. The van der Waals surface area contributed by atoms with Crippen molar-refractivity contribution in [3.05, 3.63) is 111 Å². The Kier molecular flexibility index (Phi) is 8.39. The van der Waals surface area contributed by atoms with E-state index in [2.05, 4.69) is 0 Å². The van der Waals surface area contributed by atoms with Crippen LogP contribution >= 0.6 is 11.8 Å². The molecule has 0 bridgehead atoms. The number of carboxylic acids is 1. The summed E-state index contributed by atoms with van der Waals surface area (Å²) < 4.78 is 46.0. The molecule has 0 fully saturated rings. The number of carboxylic acid groups (broad SMARTS) is 1. The molecule has 1 atom stereocenters. The van der Waals surface area contributed by atoms with Crippen molar-refractivity contribution in [3.63, 3.8) is 0 Å². The molecule has 1 aliphatic rings. The first-order valence-electron chi connectivity index (χ1n) is 12.4. The van der Waals surface area contributed by atoms with E-state index in [1.165, 1.54) is 11.0 Å². The molecule has 0 spiro atoms. The van der Waals surface area contributed by atoms with Crippen LogP contribution in [0.15, 0.2) is 83.4 Å². The van der Waals surface area contributed by atoms with E-state index in [4.69, 9.17) is 4.74 Å². The Labute approximate surface area is 229 Å². The maximum absolute atomic E-state index is 14.0. The van der Waals surface area contributed by atoms with Crippen molar-refractivity contribution in [2.45, 2.75) is 51.3 Å². The number of hydrogen-bond donors (Lipinski definition) is 1. The van der Waals surface area contributed by atoms with Gasteiger partial charge in [0.1, 0.15) is 17.3 Å². The van der Waals surface area contributed by atoms with Crippen LogP contribution in [0.4, 0.5) is 13.2 Å². The molecular weight excluding hydrogens is 527 g/mol. The fourth-order valence-corrected chi connectivity index (χ4v) is 5.69. The Morgan fingerprint density at radius 1 is 1.05 bits per heavy atom. The summed E-state index contributed by atoms with van der Waals surface area (Å²) in [6.07, 6.45) is -4.43. The van der Waals surface area contributed by atoms with Gasteiger partial charge in [-0.05, 0) is 55.7 Å². The lowest BCUT2D eigenvalue weighted by Crippen LogP contribution is -2.37. The number of allylic oxidation sites excluding steroid dienone is 1. The van der Waals surface area contributed by atoms with Gasteiger partial charge >= 0.3 is 12.1 Å². The topological polar surface area (TPSA) is 66.8 Å². The van der Waals surface area contributed by atoms with Gasteiger partial charge in [0.15, 0.2) is 0 Å². The van der Waals surface area contributed by atoms with Crippen LogP contribution in [-0.4, -0.2) is 27.9 Å². The SMILES string of the molecule is Cc1ccc(C(=O)N(C2=C(C(=O)O)SC(c3cccc(C(F)(F)F)c3)C2)C(C)C)c(OCc2ccccc2)c1. The highest BCUT2D eigenvalue weighted by atomic mass is 32.2. The van der Waals surface area contributed by atoms with Gasteiger partial charge in [-0.3, -0.25) is 4.79 Å². The molecule has 39 heavy (non-hydrogen) atoms. The molecule has 3 aromatic carbocycles. The fourth-order valence-electron chi connectivity index (χ4n) is 4.46. The molecule has 0 saturated carbocycles. The van der Waals surface area contributed by atoms with Crippen LogP contribution in [0.3, 0.4) is 0 Å². The summed E-state index contributed by atoms with van der Waals surface area (Å²) >= 11 is 0.959. The predicted octanol–water partition coefficient (Wildman–Crippen LogP) is 7.62. The van der Waals surface area contributed by atoms with Crippen molar-refractivity contribution in [3.8, 4) is 5.75 Å². The van der Waals surface area contributed by atoms with Crippen LogP contribution in [0.2, 0.25) is 0 Å². The molecule has 1 aliphatic heterocycles. The second kappa shape index (κ2) is 11.6. The van der Waals surface area contributed by atoms with Crippen molar-refractivity contribution >= 4 is 23.6 Å². The summed E-state index contributed by atoms with van der Waals surface area (Å²) in [6, 6.07) is 19.1. The molecule has 0 saturated heterocycles. The predicted molar refractivity (Wildman–Crippen MR) is 144 cm³/mol. The minimum absolute atomic E-state index is 0.0571. The summed E-state index contributed by atoms with van der Waals surface area (Å²) in [5, 5.41) is 9.41. The molecule has 1 unspecified atom stereocenters. The summed E-state index contributed by atoms with van der Waals surface area (Å²) in [6.45, 7) is 5.65. The zero-order valence-electron chi connectivity index (χ0n) is 21.7. The number of aryl methyl sites for hydroxylation is 1. The molecule has 204 valence electrons. The molecule has 4 rings (SSSR count). The number of carbonyl (C=O) groups is 2.